The quantitative estimate of drug-likeness (QED) is 0.925. The van der Waals surface area contributed by atoms with E-state index >= 15 is 0 Å². The number of aryl methyl sites for hydroxylation is 3. The van der Waals surface area contributed by atoms with Gasteiger partial charge in [-0.1, -0.05) is 17.7 Å². The summed E-state index contributed by atoms with van der Waals surface area (Å²) in [7, 11) is 0. The third-order valence-electron chi connectivity index (χ3n) is 3.38. The van der Waals surface area contributed by atoms with Crippen LogP contribution < -0.4 is 0 Å². The van der Waals surface area contributed by atoms with Gasteiger partial charge >= 0.3 is 5.97 Å². The molecule has 0 aliphatic rings. The Morgan fingerprint density at radius 2 is 1.70 bits per heavy atom. The first kappa shape index (κ1) is 14.3. The van der Waals surface area contributed by atoms with Gasteiger partial charge in [0.2, 0.25) is 0 Å². The predicted molar refractivity (Wildman–Crippen MR) is 79.2 cm³/mol. The summed E-state index contributed by atoms with van der Waals surface area (Å²) in [6, 6.07) is 5.99. The number of hydrogen-bond donors (Lipinski definition) is 1. The summed E-state index contributed by atoms with van der Waals surface area (Å²) in [4.78, 5) is 11.2. The second kappa shape index (κ2) is 5.12. The van der Waals surface area contributed by atoms with Crippen molar-refractivity contribution in [2.24, 2.45) is 0 Å². The minimum absolute atomic E-state index is 0.0908. The summed E-state index contributed by atoms with van der Waals surface area (Å²) >= 11 is 0. The molecule has 20 heavy (non-hydrogen) atoms. The smallest absolute Gasteiger partial charge is 0.356 e. The van der Waals surface area contributed by atoms with Crippen molar-refractivity contribution in [3.8, 4) is 11.3 Å². The molecule has 0 saturated heterocycles. The lowest BCUT2D eigenvalue weighted by molar-refractivity contribution is 0.0689. The molecule has 4 heteroatoms. The first-order chi connectivity index (χ1) is 9.31. The Hall–Kier alpha value is -2.10. The van der Waals surface area contributed by atoms with Crippen molar-refractivity contribution >= 4 is 5.97 Å². The maximum absolute atomic E-state index is 11.2. The molecular formula is C16H20N2O2. The molecule has 2 aromatic rings. The number of carboxylic acids is 1. The molecule has 4 nitrogen and oxygen atoms in total. The predicted octanol–water partition coefficient (Wildman–Crippen LogP) is 3.75. The summed E-state index contributed by atoms with van der Waals surface area (Å²) in [5.74, 6) is -0.993. The number of aromatic carboxylic acids is 1. The molecule has 0 bridgehead atoms. The fraction of sp³-hybridized carbons (Fsp3) is 0.375. The lowest BCUT2D eigenvalue weighted by Gasteiger charge is -2.15. The van der Waals surface area contributed by atoms with E-state index < -0.39 is 5.97 Å². The number of hydrogen-bond acceptors (Lipinski definition) is 2. The Bertz CT molecular complexity index is 646. The van der Waals surface area contributed by atoms with Crippen LogP contribution >= 0.6 is 0 Å². The van der Waals surface area contributed by atoms with Crippen LogP contribution in [0.15, 0.2) is 18.2 Å². The van der Waals surface area contributed by atoms with E-state index in [1.54, 1.807) is 10.7 Å². The highest BCUT2D eigenvalue weighted by atomic mass is 16.4. The van der Waals surface area contributed by atoms with Gasteiger partial charge < -0.3 is 5.11 Å². The number of benzene rings is 1. The summed E-state index contributed by atoms with van der Waals surface area (Å²) in [6.45, 7) is 10.2. The topological polar surface area (TPSA) is 55.1 Å². The molecule has 106 valence electrons. The Labute approximate surface area is 119 Å². The fourth-order valence-electron chi connectivity index (χ4n) is 2.66. The third kappa shape index (κ3) is 2.46. The largest absolute Gasteiger partial charge is 0.476 e. The van der Waals surface area contributed by atoms with Gasteiger partial charge in [0.05, 0.1) is 5.69 Å². The van der Waals surface area contributed by atoms with Crippen LogP contribution in [0.25, 0.3) is 11.3 Å². The van der Waals surface area contributed by atoms with Crippen molar-refractivity contribution in [3.63, 3.8) is 0 Å². The van der Waals surface area contributed by atoms with Crippen LogP contribution in [0.1, 0.15) is 47.1 Å². The third-order valence-corrected chi connectivity index (χ3v) is 3.38. The molecule has 0 aliphatic heterocycles. The monoisotopic (exact) mass is 272 g/mol. The molecule has 2 rings (SSSR count). The standard InChI is InChI=1S/C16H20N2O2/c1-9(2)18-14(8-13(17-18)16(19)20)15-11(4)6-10(3)7-12(15)5/h6-9H,1-5H3,(H,19,20). The van der Waals surface area contributed by atoms with E-state index in [9.17, 15) is 4.79 Å². The Morgan fingerprint density at radius 3 is 2.15 bits per heavy atom. The molecule has 1 heterocycles. The van der Waals surface area contributed by atoms with Crippen LogP contribution in [0, 0.1) is 20.8 Å². The van der Waals surface area contributed by atoms with Gasteiger partial charge in [0.15, 0.2) is 5.69 Å². The lowest BCUT2D eigenvalue weighted by atomic mass is 9.97. The summed E-state index contributed by atoms with van der Waals surface area (Å²) < 4.78 is 1.79. The number of nitrogens with zero attached hydrogens (tertiary/aromatic N) is 2. The van der Waals surface area contributed by atoms with Gasteiger partial charge in [-0.15, -0.1) is 0 Å². The first-order valence-corrected chi connectivity index (χ1v) is 6.72. The highest BCUT2D eigenvalue weighted by molar-refractivity contribution is 5.87. The normalized spacial score (nSPS) is 11.1. The fourth-order valence-corrected chi connectivity index (χ4v) is 2.66. The molecule has 0 atom stereocenters. The van der Waals surface area contributed by atoms with Crippen LogP contribution in [0.4, 0.5) is 0 Å². The van der Waals surface area contributed by atoms with Crippen LogP contribution in [0.2, 0.25) is 0 Å². The van der Waals surface area contributed by atoms with Crippen LogP contribution in [0.3, 0.4) is 0 Å². The zero-order valence-electron chi connectivity index (χ0n) is 12.6. The van der Waals surface area contributed by atoms with Crippen molar-refractivity contribution in [2.75, 3.05) is 0 Å². The van der Waals surface area contributed by atoms with Crippen molar-refractivity contribution in [1.82, 2.24) is 9.78 Å². The first-order valence-electron chi connectivity index (χ1n) is 6.72. The second-order valence-corrected chi connectivity index (χ2v) is 5.53. The summed E-state index contributed by atoms with van der Waals surface area (Å²) in [5.41, 5.74) is 5.52. The van der Waals surface area contributed by atoms with E-state index in [4.69, 9.17) is 5.11 Å². The molecular weight excluding hydrogens is 252 g/mol. The molecule has 0 spiro atoms. The van der Waals surface area contributed by atoms with E-state index in [1.165, 1.54) is 5.56 Å². The van der Waals surface area contributed by atoms with Crippen LogP contribution in [-0.4, -0.2) is 20.9 Å². The molecule has 1 aromatic carbocycles. The Balaban J connectivity index is 2.72. The van der Waals surface area contributed by atoms with Crippen LogP contribution in [0.5, 0.6) is 0 Å². The molecule has 0 fully saturated rings. The van der Waals surface area contributed by atoms with E-state index in [0.717, 1.165) is 22.4 Å². The Morgan fingerprint density at radius 1 is 1.15 bits per heavy atom. The molecule has 0 unspecified atom stereocenters. The number of aromatic nitrogens is 2. The van der Waals surface area contributed by atoms with Crippen molar-refractivity contribution in [1.29, 1.82) is 0 Å². The summed E-state index contributed by atoms with van der Waals surface area (Å²) in [5, 5.41) is 13.4. The summed E-state index contributed by atoms with van der Waals surface area (Å²) in [6.07, 6.45) is 0. The number of rotatable bonds is 3. The maximum Gasteiger partial charge on any atom is 0.356 e. The highest BCUT2D eigenvalue weighted by Crippen LogP contribution is 2.30. The SMILES string of the molecule is Cc1cc(C)c(-c2cc(C(=O)O)nn2C(C)C)c(C)c1. The molecule has 0 radical (unpaired) electrons. The molecule has 0 aliphatic carbocycles. The van der Waals surface area contributed by atoms with Gasteiger partial charge in [-0.05, 0) is 51.8 Å². The van der Waals surface area contributed by atoms with E-state index in [1.807, 2.05) is 27.7 Å². The molecule has 0 saturated carbocycles. The van der Waals surface area contributed by atoms with Crippen molar-refractivity contribution in [3.05, 3.63) is 40.6 Å². The van der Waals surface area contributed by atoms with Gasteiger partial charge in [0.25, 0.3) is 0 Å². The van der Waals surface area contributed by atoms with Gasteiger partial charge in [-0.2, -0.15) is 5.10 Å². The van der Waals surface area contributed by atoms with Crippen molar-refractivity contribution < 1.29 is 9.90 Å². The lowest BCUT2D eigenvalue weighted by Crippen LogP contribution is -2.07. The molecule has 1 aromatic heterocycles. The van der Waals surface area contributed by atoms with Gasteiger partial charge in [-0.3, -0.25) is 4.68 Å². The van der Waals surface area contributed by atoms with Gasteiger partial charge in [0.1, 0.15) is 0 Å². The van der Waals surface area contributed by atoms with E-state index in [2.05, 4.69) is 24.2 Å². The minimum Gasteiger partial charge on any atom is -0.476 e. The minimum atomic E-state index is -0.993. The Kier molecular flexibility index (Phi) is 3.66. The van der Waals surface area contributed by atoms with Gasteiger partial charge in [0, 0.05) is 11.6 Å². The van der Waals surface area contributed by atoms with Crippen LogP contribution in [-0.2, 0) is 0 Å². The molecule has 0 amide bonds. The zero-order chi connectivity index (χ0) is 15.0. The second-order valence-electron chi connectivity index (χ2n) is 5.53. The molecule has 1 N–H and O–H groups in total. The number of carbonyl (C=O) groups is 1. The average molecular weight is 272 g/mol. The highest BCUT2D eigenvalue weighted by Gasteiger charge is 2.19. The maximum atomic E-state index is 11.2. The average Bonchev–Trinajstić information content (AvgIpc) is 2.72. The van der Waals surface area contributed by atoms with E-state index in [0.29, 0.717) is 0 Å². The van der Waals surface area contributed by atoms with E-state index in [-0.39, 0.29) is 11.7 Å². The van der Waals surface area contributed by atoms with Crippen molar-refractivity contribution in [2.45, 2.75) is 40.7 Å². The van der Waals surface area contributed by atoms with Gasteiger partial charge in [-0.25, -0.2) is 4.79 Å². The number of carboxylic acid groups (broad SMARTS) is 1. The zero-order valence-corrected chi connectivity index (χ0v) is 12.6.